The summed E-state index contributed by atoms with van der Waals surface area (Å²) in [5.74, 6) is 0.997. The molecule has 0 spiro atoms. The lowest BCUT2D eigenvalue weighted by Crippen LogP contribution is -2.31. The van der Waals surface area contributed by atoms with Crippen LogP contribution in [-0.4, -0.2) is 36.1 Å². The zero-order valence-electron chi connectivity index (χ0n) is 13.5. The monoisotopic (exact) mass is 306 g/mol. The number of H-pyrrole nitrogens is 1. The molecule has 1 aromatic heterocycles. The van der Waals surface area contributed by atoms with Gasteiger partial charge in [-0.1, -0.05) is 29.8 Å². The minimum Gasteiger partial charge on any atom is -0.370 e. The molecule has 0 amide bonds. The van der Waals surface area contributed by atoms with E-state index < -0.39 is 0 Å². The highest BCUT2D eigenvalue weighted by atomic mass is 15.3. The number of rotatable bonds is 2. The first kappa shape index (κ1) is 14.1. The van der Waals surface area contributed by atoms with Crippen molar-refractivity contribution in [1.29, 1.82) is 0 Å². The van der Waals surface area contributed by atoms with Crippen molar-refractivity contribution in [2.45, 2.75) is 13.3 Å². The number of para-hydroxylation sites is 2. The molecule has 4 rings (SSSR count). The summed E-state index contributed by atoms with van der Waals surface area (Å²) in [4.78, 5) is 13.0. The van der Waals surface area contributed by atoms with Gasteiger partial charge in [0.1, 0.15) is 0 Å². The summed E-state index contributed by atoms with van der Waals surface area (Å²) in [7, 11) is 0. The second kappa shape index (κ2) is 5.95. The van der Waals surface area contributed by atoms with Crippen LogP contribution < -0.4 is 9.80 Å². The molecule has 0 unspecified atom stereocenters. The second-order valence-electron chi connectivity index (χ2n) is 6.24. The molecule has 0 atom stereocenters. The number of nitrogens with zero attached hydrogens (tertiary/aromatic N) is 3. The van der Waals surface area contributed by atoms with Crippen molar-refractivity contribution in [3.63, 3.8) is 0 Å². The van der Waals surface area contributed by atoms with Crippen LogP contribution in [0.4, 0.5) is 11.6 Å². The zero-order valence-corrected chi connectivity index (χ0v) is 13.5. The predicted molar refractivity (Wildman–Crippen MR) is 96.3 cm³/mol. The minimum absolute atomic E-state index is 0.994. The third-order valence-corrected chi connectivity index (χ3v) is 4.57. The van der Waals surface area contributed by atoms with Crippen LogP contribution in [0.1, 0.15) is 12.0 Å². The molecule has 1 aliphatic heterocycles. The molecule has 0 bridgehead atoms. The summed E-state index contributed by atoms with van der Waals surface area (Å²) in [6, 6.07) is 17.1. The van der Waals surface area contributed by atoms with E-state index in [1.807, 2.05) is 12.1 Å². The summed E-state index contributed by atoms with van der Waals surface area (Å²) in [6.45, 7) is 6.30. The van der Waals surface area contributed by atoms with Gasteiger partial charge in [-0.05, 0) is 37.6 Å². The van der Waals surface area contributed by atoms with Crippen molar-refractivity contribution in [1.82, 2.24) is 9.97 Å². The number of imidazole rings is 1. The molecule has 118 valence electrons. The zero-order chi connectivity index (χ0) is 15.6. The molecule has 23 heavy (non-hydrogen) atoms. The molecular formula is C19H22N4. The molecule has 4 heteroatoms. The number of nitrogens with one attached hydrogen (secondary N) is 1. The van der Waals surface area contributed by atoms with Crippen molar-refractivity contribution in [3.05, 3.63) is 54.1 Å². The van der Waals surface area contributed by atoms with Crippen LogP contribution in [0, 0.1) is 6.92 Å². The van der Waals surface area contributed by atoms with Crippen LogP contribution in [0.25, 0.3) is 11.0 Å². The Labute approximate surface area is 136 Å². The van der Waals surface area contributed by atoms with Gasteiger partial charge < -0.3 is 14.8 Å². The van der Waals surface area contributed by atoms with Gasteiger partial charge in [0.2, 0.25) is 5.95 Å². The van der Waals surface area contributed by atoms with E-state index in [2.05, 4.69) is 58.1 Å². The number of aromatic nitrogens is 2. The van der Waals surface area contributed by atoms with Gasteiger partial charge in [-0.25, -0.2) is 4.98 Å². The highest BCUT2D eigenvalue weighted by Crippen LogP contribution is 2.21. The Bertz CT molecular complexity index is 757. The fraction of sp³-hybridized carbons (Fsp3) is 0.316. The lowest BCUT2D eigenvalue weighted by molar-refractivity contribution is 0.791. The van der Waals surface area contributed by atoms with Crippen LogP contribution in [0.3, 0.4) is 0 Å². The number of hydrogen-bond donors (Lipinski definition) is 1. The summed E-state index contributed by atoms with van der Waals surface area (Å²) in [5, 5.41) is 0. The molecule has 1 saturated heterocycles. The first-order valence-corrected chi connectivity index (χ1v) is 8.31. The maximum absolute atomic E-state index is 4.74. The number of fused-ring (bicyclic) bond motifs is 1. The van der Waals surface area contributed by atoms with Gasteiger partial charge in [-0.3, -0.25) is 0 Å². The Hall–Kier alpha value is -2.49. The smallest absolute Gasteiger partial charge is 0.203 e. The maximum atomic E-state index is 4.74. The van der Waals surface area contributed by atoms with E-state index in [1.54, 1.807) is 0 Å². The molecule has 0 radical (unpaired) electrons. The molecule has 1 N–H and O–H groups in total. The standard InChI is InChI=1S/C19H22N4/c1-15-7-9-16(10-8-15)22-11-4-12-23(14-13-22)19-20-17-5-2-3-6-18(17)21-19/h2-3,5-10H,4,11-14H2,1H3,(H,20,21). The molecule has 0 aliphatic carbocycles. The topological polar surface area (TPSA) is 35.2 Å². The average Bonchev–Trinajstić information content (AvgIpc) is 2.85. The maximum Gasteiger partial charge on any atom is 0.203 e. The van der Waals surface area contributed by atoms with Gasteiger partial charge in [-0.15, -0.1) is 0 Å². The van der Waals surface area contributed by atoms with E-state index in [1.165, 1.54) is 11.3 Å². The lowest BCUT2D eigenvalue weighted by atomic mass is 10.2. The van der Waals surface area contributed by atoms with Crippen molar-refractivity contribution in [2.24, 2.45) is 0 Å². The van der Waals surface area contributed by atoms with E-state index in [-0.39, 0.29) is 0 Å². The Morgan fingerprint density at radius 1 is 0.870 bits per heavy atom. The van der Waals surface area contributed by atoms with Gasteiger partial charge in [-0.2, -0.15) is 0 Å². The number of hydrogen-bond acceptors (Lipinski definition) is 3. The molecule has 2 aromatic carbocycles. The SMILES string of the molecule is Cc1ccc(N2CCCN(c3nc4ccccc4[nH]3)CC2)cc1. The first-order chi connectivity index (χ1) is 11.3. The van der Waals surface area contributed by atoms with E-state index in [4.69, 9.17) is 4.98 Å². The van der Waals surface area contributed by atoms with Gasteiger partial charge in [0.05, 0.1) is 11.0 Å². The second-order valence-corrected chi connectivity index (χ2v) is 6.24. The normalized spacial score (nSPS) is 15.9. The summed E-state index contributed by atoms with van der Waals surface area (Å²) >= 11 is 0. The molecule has 0 saturated carbocycles. The van der Waals surface area contributed by atoms with Crippen molar-refractivity contribution in [2.75, 3.05) is 36.0 Å². The van der Waals surface area contributed by atoms with E-state index in [0.717, 1.165) is 49.6 Å². The van der Waals surface area contributed by atoms with Crippen LogP contribution in [0.15, 0.2) is 48.5 Å². The lowest BCUT2D eigenvalue weighted by Gasteiger charge is -2.23. The summed E-state index contributed by atoms with van der Waals surface area (Å²) in [5.41, 5.74) is 4.79. The fourth-order valence-corrected chi connectivity index (χ4v) is 3.23. The van der Waals surface area contributed by atoms with Crippen LogP contribution >= 0.6 is 0 Å². The summed E-state index contributed by atoms with van der Waals surface area (Å²) < 4.78 is 0. The van der Waals surface area contributed by atoms with Crippen LogP contribution in [-0.2, 0) is 0 Å². The van der Waals surface area contributed by atoms with E-state index in [0.29, 0.717) is 0 Å². The van der Waals surface area contributed by atoms with Crippen molar-refractivity contribution in [3.8, 4) is 0 Å². The number of aryl methyl sites for hydroxylation is 1. The Balaban J connectivity index is 1.51. The molecule has 1 aliphatic rings. The van der Waals surface area contributed by atoms with Crippen LogP contribution in [0.2, 0.25) is 0 Å². The van der Waals surface area contributed by atoms with Crippen molar-refractivity contribution >= 4 is 22.7 Å². The molecule has 3 aromatic rings. The van der Waals surface area contributed by atoms with Gasteiger partial charge in [0.15, 0.2) is 0 Å². The highest BCUT2D eigenvalue weighted by molar-refractivity contribution is 5.77. The third kappa shape index (κ3) is 2.89. The molecule has 4 nitrogen and oxygen atoms in total. The first-order valence-electron chi connectivity index (χ1n) is 8.31. The number of anilines is 2. The third-order valence-electron chi connectivity index (χ3n) is 4.57. The Morgan fingerprint density at radius 2 is 1.61 bits per heavy atom. The minimum atomic E-state index is 0.994. The molecule has 2 heterocycles. The number of aromatic amines is 1. The fourth-order valence-electron chi connectivity index (χ4n) is 3.23. The quantitative estimate of drug-likeness (QED) is 0.786. The Kier molecular flexibility index (Phi) is 3.66. The predicted octanol–water partition coefficient (Wildman–Crippen LogP) is 3.59. The van der Waals surface area contributed by atoms with Gasteiger partial charge in [0.25, 0.3) is 0 Å². The van der Waals surface area contributed by atoms with E-state index in [9.17, 15) is 0 Å². The average molecular weight is 306 g/mol. The van der Waals surface area contributed by atoms with Crippen molar-refractivity contribution < 1.29 is 0 Å². The number of benzene rings is 2. The summed E-state index contributed by atoms with van der Waals surface area (Å²) in [6.07, 6.45) is 1.14. The van der Waals surface area contributed by atoms with Gasteiger partial charge >= 0.3 is 0 Å². The highest BCUT2D eigenvalue weighted by Gasteiger charge is 2.17. The molecular weight excluding hydrogens is 284 g/mol. The molecule has 1 fully saturated rings. The largest absolute Gasteiger partial charge is 0.370 e. The van der Waals surface area contributed by atoms with E-state index >= 15 is 0 Å². The van der Waals surface area contributed by atoms with Crippen LogP contribution in [0.5, 0.6) is 0 Å². The Morgan fingerprint density at radius 3 is 2.43 bits per heavy atom. The van der Waals surface area contributed by atoms with Gasteiger partial charge in [0, 0.05) is 31.9 Å².